The van der Waals surface area contributed by atoms with Crippen LogP contribution in [0.1, 0.15) is 30.9 Å². The van der Waals surface area contributed by atoms with Gasteiger partial charge < -0.3 is 15.4 Å². The Morgan fingerprint density at radius 3 is 2.62 bits per heavy atom. The first-order chi connectivity index (χ1) is 11.5. The molecule has 1 amide bonds. The number of aromatic nitrogens is 2. The van der Waals surface area contributed by atoms with Gasteiger partial charge in [0.2, 0.25) is 5.91 Å². The zero-order chi connectivity index (χ0) is 17.1. The van der Waals surface area contributed by atoms with Crippen LogP contribution < -0.4 is 5.32 Å². The van der Waals surface area contributed by atoms with Gasteiger partial charge in [-0.15, -0.1) is 0 Å². The SMILES string of the molecule is O=C(Cn1ccc([N+](=O)[O-])n1)N[C@H](c1ccc(F)cc1)C1CCC1. The van der Waals surface area contributed by atoms with Crippen LogP contribution in [0.15, 0.2) is 36.5 Å². The summed E-state index contributed by atoms with van der Waals surface area (Å²) >= 11 is 0. The second-order valence-electron chi connectivity index (χ2n) is 5.92. The molecular formula is C16H17FN4O3. The predicted octanol–water partition coefficient (Wildman–Crippen LogP) is 2.59. The Bertz CT molecular complexity index is 740. The fourth-order valence-corrected chi connectivity index (χ4v) is 2.82. The van der Waals surface area contributed by atoms with E-state index >= 15 is 0 Å². The minimum absolute atomic E-state index is 0.0990. The maximum absolute atomic E-state index is 13.1. The van der Waals surface area contributed by atoms with Crippen molar-refractivity contribution >= 4 is 11.7 Å². The molecule has 0 unspecified atom stereocenters. The second kappa shape index (κ2) is 6.77. The number of benzene rings is 1. The van der Waals surface area contributed by atoms with Crippen LogP contribution in [0.5, 0.6) is 0 Å². The Labute approximate surface area is 137 Å². The lowest BCUT2D eigenvalue weighted by Crippen LogP contribution is -2.38. The molecule has 1 N–H and O–H groups in total. The van der Waals surface area contributed by atoms with Gasteiger partial charge in [-0.1, -0.05) is 18.6 Å². The van der Waals surface area contributed by atoms with Crippen molar-refractivity contribution in [2.45, 2.75) is 31.8 Å². The summed E-state index contributed by atoms with van der Waals surface area (Å²) in [5.41, 5.74) is 0.862. The van der Waals surface area contributed by atoms with E-state index in [2.05, 4.69) is 10.4 Å². The topological polar surface area (TPSA) is 90.1 Å². The van der Waals surface area contributed by atoms with Crippen molar-refractivity contribution in [2.75, 3.05) is 0 Å². The molecule has 1 atom stereocenters. The molecule has 0 bridgehead atoms. The monoisotopic (exact) mass is 332 g/mol. The Hall–Kier alpha value is -2.77. The molecule has 1 fully saturated rings. The van der Waals surface area contributed by atoms with Crippen LogP contribution in [0.2, 0.25) is 0 Å². The molecule has 1 saturated carbocycles. The standard InChI is InChI=1S/C16H17FN4O3/c17-13-6-4-12(5-7-13)16(11-2-1-3-11)18-15(22)10-20-9-8-14(19-20)21(23)24/h4-9,11,16H,1-3,10H2,(H,18,22)/t16-/m0/s1. The Morgan fingerprint density at radius 2 is 2.08 bits per heavy atom. The van der Waals surface area contributed by atoms with Gasteiger partial charge >= 0.3 is 5.82 Å². The number of nitrogens with one attached hydrogen (secondary N) is 1. The van der Waals surface area contributed by atoms with Gasteiger partial charge in [0.15, 0.2) is 0 Å². The van der Waals surface area contributed by atoms with Crippen molar-refractivity contribution in [1.82, 2.24) is 15.1 Å². The molecule has 2 aromatic rings. The summed E-state index contributed by atoms with van der Waals surface area (Å²) < 4.78 is 14.3. The van der Waals surface area contributed by atoms with Gasteiger partial charge in [0.1, 0.15) is 12.4 Å². The molecule has 1 aliphatic carbocycles. The van der Waals surface area contributed by atoms with Gasteiger partial charge in [-0.25, -0.2) is 4.39 Å². The quantitative estimate of drug-likeness (QED) is 0.650. The predicted molar refractivity (Wildman–Crippen MR) is 83.5 cm³/mol. The highest BCUT2D eigenvalue weighted by atomic mass is 19.1. The minimum atomic E-state index is -0.607. The zero-order valence-electron chi connectivity index (χ0n) is 12.9. The molecule has 24 heavy (non-hydrogen) atoms. The van der Waals surface area contributed by atoms with Crippen LogP contribution in [-0.4, -0.2) is 20.6 Å². The summed E-state index contributed by atoms with van der Waals surface area (Å²) in [5.74, 6) is -0.571. The molecule has 8 heteroatoms. The van der Waals surface area contributed by atoms with Crippen LogP contribution >= 0.6 is 0 Å². The normalized spacial score (nSPS) is 15.5. The average molecular weight is 332 g/mol. The third-order valence-electron chi connectivity index (χ3n) is 4.29. The Morgan fingerprint density at radius 1 is 1.38 bits per heavy atom. The molecule has 0 radical (unpaired) electrons. The van der Waals surface area contributed by atoms with Crippen molar-refractivity contribution in [2.24, 2.45) is 5.92 Å². The summed E-state index contributed by atoms with van der Waals surface area (Å²) in [6.07, 6.45) is 4.53. The van der Waals surface area contributed by atoms with Crippen LogP contribution in [0.25, 0.3) is 0 Å². The lowest BCUT2D eigenvalue weighted by atomic mass is 9.77. The lowest BCUT2D eigenvalue weighted by molar-refractivity contribution is -0.389. The van der Waals surface area contributed by atoms with Crippen molar-refractivity contribution in [3.8, 4) is 0 Å². The number of halogens is 1. The van der Waals surface area contributed by atoms with E-state index in [1.807, 2.05) is 0 Å². The maximum atomic E-state index is 13.1. The first-order valence-corrected chi connectivity index (χ1v) is 7.75. The van der Waals surface area contributed by atoms with Crippen molar-refractivity contribution in [3.63, 3.8) is 0 Å². The largest absolute Gasteiger partial charge is 0.389 e. The van der Waals surface area contributed by atoms with Crippen LogP contribution in [0, 0.1) is 21.8 Å². The van der Waals surface area contributed by atoms with Gasteiger partial charge in [-0.3, -0.25) is 4.79 Å². The number of hydrogen-bond donors (Lipinski definition) is 1. The first kappa shape index (κ1) is 16.1. The van der Waals surface area contributed by atoms with Crippen LogP contribution in [0.4, 0.5) is 10.2 Å². The molecule has 126 valence electrons. The third kappa shape index (κ3) is 3.58. The Balaban J connectivity index is 1.68. The van der Waals surface area contributed by atoms with Gasteiger partial charge in [0, 0.05) is 0 Å². The van der Waals surface area contributed by atoms with E-state index in [0.717, 1.165) is 24.8 Å². The number of carbonyl (C=O) groups excluding carboxylic acids is 1. The number of carbonyl (C=O) groups is 1. The summed E-state index contributed by atoms with van der Waals surface area (Å²) in [5, 5.41) is 17.3. The molecule has 0 spiro atoms. The zero-order valence-corrected chi connectivity index (χ0v) is 12.9. The fraction of sp³-hybridized carbons (Fsp3) is 0.375. The van der Waals surface area contributed by atoms with Gasteiger partial charge in [0.05, 0.1) is 23.4 Å². The highest BCUT2D eigenvalue weighted by molar-refractivity contribution is 5.76. The summed E-state index contributed by atoms with van der Waals surface area (Å²) in [7, 11) is 0. The highest BCUT2D eigenvalue weighted by Crippen LogP contribution is 2.37. The molecule has 1 heterocycles. The van der Waals surface area contributed by atoms with E-state index in [0.29, 0.717) is 5.92 Å². The van der Waals surface area contributed by atoms with Gasteiger partial charge in [-0.2, -0.15) is 4.68 Å². The van der Waals surface area contributed by atoms with Crippen LogP contribution in [0.3, 0.4) is 0 Å². The fourth-order valence-electron chi connectivity index (χ4n) is 2.82. The van der Waals surface area contributed by atoms with E-state index in [9.17, 15) is 19.3 Å². The van der Waals surface area contributed by atoms with E-state index in [1.165, 1.54) is 29.1 Å². The number of hydrogen-bond acceptors (Lipinski definition) is 4. The molecule has 0 saturated heterocycles. The summed E-state index contributed by atoms with van der Waals surface area (Å²) in [6, 6.07) is 7.18. The average Bonchev–Trinajstić information content (AvgIpc) is 2.94. The second-order valence-corrected chi connectivity index (χ2v) is 5.92. The number of amides is 1. The highest BCUT2D eigenvalue weighted by Gasteiger charge is 2.30. The third-order valence-corrected chi connectivity index (χ3v) is 4.29. The summed E-state index contributed by atoms with van der Waals surface area (Å²) in [4.78, 5) is 22.3. The van der Waals surface area contributed by atoms with E-state index < -0.39 is 4.92 Å². The molecule has 1 aliphatic rings. The summed E-state index contributed by atoms with van der Waals surface area (Å²) in [6.45, 7) is -0.0990. The van der Waals surface area contributed by atoms with Gasteiger partial charge in [0.25, 0.3) is 0 Å². The van der Waals surface area contributed by atoms with E-state index in [4.69, 9.17) is 0 Å². The number of rotatable bonds is 6. The van der Waals surface area contributed by atoms with E-state index in [1.54, 1.807) is 12.1 Å². The smallest absolute Gasteiger partial charge is 0.358 e. The van der Waals surface area contributed by atoms with E-state index in [-0.39, 0.29) is 30.1 Å². The Kier molecular flexibility index (Phi) is 4.54. The van der Waals surface area contributed by atoms with Crippen LogP contribution in [-0.2, 0) is 11.3 Å². The van der Waals surface area contributed by atoms with Crippen molar-refractivity contribution in [1.29, 1.82) is 0 Å². The number of nitrogens with zero attached hydrogens (tertiary/aromatic N) is 3. The molecule has 1 aromatic carbocycles. The minimum Gasteiger partial charge on any atom is -0.358 e. The number of nitro groups is 1. The van der Waals surface area contributed by atoms with Crippen molar-refractivity contribution in [3.05, 3.63) is 58.0 Å². The molecule has 0 aliphatic heterocycles. The molecular weight excluding hydrogens is 315 g/mol. The maximum Gasteiger partial charge on any atom is 0.389 e. The molecule has 1 aromatic heterocycles. The molecule has 7 nitrogen and oxygen atoms in total. The van der Waals surface area contributed by atoms with Crippen molar-refractivity contribution < 1.29 is 14.1 Å². The lowest BCUT2D eigenvalue weighted by Gasteiger charge is -2.34. The van der Waals surface area contributed by atoms with Gasteiger partial charge in [-0.05, 0) is 41.4 Å². The molecule has 3 rings (SSSR count). The first-order valence-electron chi connectivity index (χ1n) is 7.75.